The third-order valence-electron chi connectivity index (χ3n) is 3.94. The van der Waals surface area contributed by atoms with Crippen LogP contribution in [0.3, 0.4) is 0 Å². The minimum Gasteiger partial charge on any atom is -0.395 e. The first-order valence-corrected chi connectivity index (χ1v) is 7.76. The average Bonchev–Trinajstić information content (AvgIpc) is 2.85. The molecule has 124 valence electrons. The second kappa shape index (κ2) is 6.51. The fourth-order valence-corrected chi connectivity index (χ4v) is 3.23. The van der Waals surface area contributed by atoms with Crippen molar-refractivity contribution in [1.29, 1.82) is 0 Å². The van der Waals surface area contributed by atoms with Gasteiger partial charge in [0.25, 0.3) is 0 Å². The van der Waals surface area contributed by atoms with E-state index >= 15 is 0 Å². The maximum atomic E-state index is 13.0. The normalized spacial score (nSPS) is 19.1. The van der Waals surface area contributed by atoms with Crippen molar-refractivity contribution in [2.24, 2.45) is 5.41 Å². The molecule has 2 heterocycles. The Hall–Kier alpha value is -1.19. The summed E-state index contributed by atoms with van der Waals surface area (Å²) >= 11 is 1.29. The van der Waals surface area contributed by atoms with Gasteiger partial charge in [0.2, 0.25) is 5.91 Å². The van der Waals surface area contributed by atoms with Crippen molar-refractivity contribution in [3.8, 4) is 0 Å². The number of aromatic nitrogens is 1. The third-order valence-corrected chi connectivity index (χ3v) is 4.74. The molecule has 0 saturated carbocycles. The molecule has 1 aromatic heterocycles. The van der Waals surface area contributed by atoms with Gasteiger partial charge < -0.3 is 10.4 Å². The highest BCUT2D eigenvalue weighted by Crippen LogP contribution is 2.45. The first kappa shape index (κ1) is 17.2. The van der Waals surface area contributed by atoms with Gasteiger partial charge >= 0.3 is 6.18 Å². The lowest BCUT2D eigenvalue weighted by Gasteiger charge is -2.41. The van der Waals surface area contributed by atoms with Gasteiger partial charge in [-0.3, -0.25) is 9.69 Å². The predicted octanol–water partition coefficient (Wildman–Crippen LogP) is 2.24. The Morgan fingerprint density at radius 3 is 2.64 bits per heavy atom. The van der Waals surface area contributed by atoms with Crippen molar-refractivity contribution >= 4 is 22.4 Å². The average molecular weight is 337 g/mol. The fourth-order valence-electron chi connectivity index (χ4n) is 2.49. The van der Waals surface area contributed by atoms with Crippen molar-refractivity contribution in [2.45, 2.75) is 32.5 Å². The smallest absolute Gasteiger partial charge is 0.395 e. The second-order valence-corrected chi connectivity index (χ2v) is 6.40. The predicted molar refractivity (Wildman–Crippen MR) is 76.5 cm³/mol. The van der Waals surface area contributed by atoms with E-state index in [-0.39, 0.29) is 31.8 Å². The number of rotatable bonds is 4. The van der Waals surface area contributed by atoms with Crippen LogP contribution in [-0.4, -0.2) is 46.8 Å². The van der Waals surface area contributed by atoms with Gasteiger partial charge in [-0.05, 0) is 25.9 Å². The molecule has 0 atom stereocenters. The Balaban J connectivity index is 1.92. The van der Waals surface area contributed by atoms with Crippen LogP contribution >= 0.6 is 11.3 Å². The van der Waals surface area contributed by atoms with Gasteiger partial charge in [-0.2, -0.15) is 13.2 Å². The molecule has 5 nitrogen and oxygen atoms in total. The van der Waals surface area contributed by atoms with Gasteiger partial charge in [-0.15, -0.1) is 11.3 Å². The lowest BCUT2D eigenvalue weighted by atomic mass is 9.78. The monoisotopic (exact) mass is 337 g/mol. The van der Waals surface area contributed by atoms with Crippen molar-refractivity contribution in [1.82, 2.24) is 9.88 Å². The molecule has 1 aromatic rings. The number of nitrogens with zero attached hydrogens (tertiary/aromatic N) is 2. The molecule has 0 bridgehead atoms. The number of hydrogen-bond acceptors (Lipinski definition) is 5. The lowest BCUT2D eigenvalue weighted by molar-refractivity contribution is -0.249. The highest BCUT2D eigenvalue weighted by molar-refractivity contribution is 7.13. The highest BCUT2D eigenvalue weighted by Gasteiger charge is 2.55. The highest BCUT2D eigenvalue weighted by atomic mass is 32.1. The van der Waals surface area contributed by atoms with Gasteiger partial charge in [-0.25, -0.2) is 4.98 Å². The number of alkyl halides is 3. The van der Waals surface area contributed by atoms with E-state index in [2.05, 4.69) is 10.3 Å². The first-order chi connectivity index (χ1) is 10.3. The first-order valence-electron chi connectivity index (χ1n) is 6.88. The van der Waals surface area contributed by atoms with Crippen LogP contribution in [0.1, 0.15) is 25.5 Å². The zero-order valence-corrected chi connectivity index (χ0v) is 12.9. The molecule has 0 aliphatic carbocycles. The molecule has 0 spiro atoms. The molecule has 2 N–H and O–H groups in total. The second-order valence-electron chi connectivity index (χ2n) is 5.54. The van der Waals surface area contributed by atoms with Crippen LogP contribution in [0, 0.1) is 5.41 Å². The molecule has 1 aliphatic heterocycles. The van der Waals surface area contributed by atoms with Crippen LogP contribution in [-0.2, 0) is 11.3 Å². The number of halogens is 3. The standard InChI is InChI=1S/C13H18F3N3O2S/c1-9(21)17-11-18-10(7-22-11)6-19-4-2-12(8-20,3-5-19)13(14,15)16/h7,20H,2-6,8H2,1H3,(H,17,18,21). The van der Waals surface area contributed by atoms with Gasteiger partial charge in [-0.1, -0.05) is 0 Å². The summed E-state index contributed by atoms with van der Waals surface area (Å²) < 4.78 is 39.1. The number of carbonyl (C=O) groups excluding carboxylic acids is 1. The van der Waals surface area contributed by atoms with Gasteiger partial charge in [0.15, 0.2) is 5.13 Å². The summed E-state index contributed by atoms with van der Waals surface area (Å²) in [5, 5.41) is 14.0. The molecule has 2 rings (SSSR count). The molecule has 1 aliphatic rings. The Morgan fingerprint density at radius 2 is 2.14 bits per heavy atom. The number of amides is 1. The van der Waals surface area contributed by atoms with Crippen LogP contribution < -0.4 is 5.32 Å². The molecule has 1 amide bonds. The lowest BCUT2D eigenvalue weighted by Crippen LogP contribution is -2.49. The van der Waals surface area contributed by atoms with Crippen LogP contribution in [0.4, 0.5) is 18.3 Å². The third kappa shape index (κ3) is 3.76. The Morgan fingerprint density at radius 1 is 1.50 bits per heavy atom. The minimum absolute atomic E-state index is 0.115. The van der Waals surface area contributed by atoms with E-state index in [0.717, 1.165) is 5.69 Å². The summed E-state index contributed by atoms with van der Waals surface area (Å²) in [6.45, 7) is 1.47. The quantitative estimate of drug-likeness (QED) is 0.884. The summed E-state index contributed by atoms with van der Waals surface area (Å²) in [4.78, 5) is 17.0. The van der Waals surface area contributed by atoms with Crippen LogP contribution in [0.15, 0.2) is 5.38 Å². The number of anilines is 1. The largest absolute Gasteiger partial charge is 0.396 e. The van der Waals surface area contributed by atoms with E-state index in [1.807, 2.05) is 4.90 Å². The van der Waals surface area contributed by atoms with Crippen molar-refractivity contribution in [3.05, 3.63) is 11.1 Å². The number of carbonyl (C=O) groups is 1. The molecule has 0 unspecified atom stereocenters. The number of nitrogens with one attached hydrogen (secondary N) is 1. The SMILES string of the molecule is CC(=O)Nc1nc(CN2CCC(CO)(C(F)(F)F)CC2)cs1. The van der Waals surface area contributed by atoms with E-state index in [9.17, 15) is 18.0 Å². The van der Waals surface area contributed by atoms with Gasteiger partial charge in [0.05, 0.1) is 17.7 Å². The van der Waals surface area contributed by atoms with Gasteiger partial charge in [0.1, 0.15) is 0 Å². The Labute approximate surface area is 130 Å². The number of aliphatic hydroxyl groups excluding tert-OH is 1. The molecule has 1 saturated heterocycles. The number of piperidine rings is 1. The van der Waals surface area contributed by atoms with Crippen LogP contribution in [0.25, 0.3) is 0 Å². The van der Waals surface area contributed by atoms with E-state index < -0.39 is 18.2 Å². The van der Waals surface area contributed by atoms with Crippen molar-refractivity contribution < 1.29 is 23.1 Å². The number of hydrogen-bond donors (Lipinski definition) is 2. The number of likely N-dealkylation sites (tertiary alicyclic amines) is 1. The molecule has 22 heavy (non-hydrogen) atoms. The molecular weight excluding hydrogens is 319 g/mol. The van der Waals surface area contributed by atoms with E-state index in [1.165, 1.54) is 18.3 Å². The summed E-state index contributed by atoms with van der Waals surface area (Å²) in [5.41, 5.74) is -1.26. The number of thiazole rings is 1. The van der Waals surface area contributed by atoms with Crippen LogP contribution in [0.5, 0.6) is 0 Å². The van der Waals surface area contributed by atoms with Crippen molar-refractivity contribution in [2.75, 3.05) is 25.0 Å². The molecule has 9 heteroatoms. The Bertz CT molecular complexity index is 525. The molecule has 0 aromatic carbocycles. The zero-order valence-electron chi connectivity index (χ0n) is 12.1. The zero-order chi connectivity index (χ0) is 16.4. The van der Waals surface area contributed by atoms with E-state index in [0.29, 0.717) is 11.7 Å². The summed E-state index contributed by atoms with van der Waals surface area (Å²) in [5.74, 6) is -0.211. The maximum absolute atomic E-state index is 13.0. The number of aliphatic hydroxyl groups is 1. The van der Waals surface area contributed by atoms with E-state index in [1.54, 1.807) is 5.38 Å². The van der Waals surface area contributed by atoms with Gasteiger partial charge in [0, 0.05) is 18.8 Å². The fraction of sp³-hybridized carbons (Fsp3) is 0.692. The molecular formula is C13H18F3N3O2S. The Kier molecular flexibility index (Phi) is 5.08. The maximum Gasteiger partial charge on any atom is 0.396 e. The summed E-state index contributed by atoms with van der Waals surface area (Å²) in [6, 6.07) is 0. The summed E-state index contributed by atoms with van der Waals surface area (Å²) in [7, 11) is 0. The topological polar surface area (TPSA) is 65.5 Å². The van der Waals surface area contributed by atoms with Crippen LogP contribution in [0.2, 0.25) is 0 Å². The van der Waals surface area contributed by atoms with Crippen molar-refractivity contribution in [3.63, 3.8) is 0 Å². The van der Waals surface area contributed by atoms with E-state index in [4.69, 9.17) is 5.11 Å². The molecule has 1 fully saturated rings. The molecule has 0 radical (unpaired) electrons. The summed E-state index contributed by atoms with van der Waals surface area (Å²) in [6.07, 6.45) is -4.61. The minimum atomic E-state index is -4.38.